The number of rotatable bonds is 4. The third-order valence-corrected chi connectivity index (χ3v) is 3.95. The van der Waals surface area contributed by atoms with Crippen LogP contribution in [0.1, 0.15) is 26.9 Å². The second kappa shape index (κ2) is 5.54. The molecule has 0 amide bonds. The van der Waals surface area contributed by atoms with Crippen molar-refractivity contribution in [3.63, 3.8) is 0 Å². The van der Waals surface area contributed by atoms with Crippen molar-refractivity contribution < 1.29 is 14.3 Å². The van der Waals surface area contributed by atoms with E-state index in [1.54, 1.807) is 17.4 Å². The van der Waals surface area contributed by atoms with E-state index in [0.717, 1.165) is 16.3 Å². The van der Waals surface area contributed by atoms with Gasteiger partial charge in [0.1, 0.15) is 10.8 Å². The van der Waals surface area contributed by atoms with Gasteiger partial charge in [0.25, 0.3) is 0 Å². The molecule has 0 saturated heterocycles. The van der Waals surface area contributed by atoms with Crippen molar-refractivity contribution in [3.05, 3.63) is 63.9 Å². The van der Waals surface area contributed by atoms with Gasteiger partial charge in [0.05, 0.1) is 12.1 Å². The molecule has 0 saturated carbocycles. The fraction of sp³-hybridized carbons (Fsp3) is 0.125. The molecule has 0 unspecified atom stereocenters. The Morgan fingerprint density at radius 3 is 2.67 bits per heavy atom. The lowest BCUT2D eigenvalue weighted by molar-refractivity contribution is 0.0660. The van der Waals surface area contributed by atoms with Crippen LogP contribution in [0.4, 0.5) is 0 Å². The summed E-state index contributed by atoms with van der Waals surface area (Å²) in [5.41, 5.74) is 3.22. The molecule has 0 bridgehead atoms. The number of carboxylic acids is 1. The molecule has 3 aromatic rings. The molecule has 2 heterocycles. The van der Waals surface area contributed by atoms with Gasteiger partial charge >= 0.3 is 5.97 Å². The number of hydrogen-bond donors (Lipinski definition) is 1. The molecule has 2 aromatic heterocycles. The van der Waals surface area contributed by atoms with E-state index in [1.807, 2.05) is 24.4 Å². The van der Waals surface area contributed by atoms with E-state index < -0.39 is 5.97 Å². The first-order valence-corrected chi connectivity index (χ1v) is 7.33. The van der Waals surface area contributed by atoms with Gasteiger partial charge in [-0.05, 0) is 19.1 Å². The fourth-order valence-corrected chi connectivity index (χ4v) is 2.80. The van der Waals surface area contributed by atoms with Gasteiger partial charge in [0.2, 0.25) is 5.76 Å². The Bertz CT molecular complexity index is 771. The molecule has 4 nitrogen and oxygen atoms in total. The molecule has 0 radical (unpaired) electrons. The van der Waals surface area contributed by atoms with Crippen molar-refractivity contribution in [1.29, 1.82) is 0 Å². The predicted molar refractivity (Wildman–Crippen MR) is 80.8 cm³/mol. The normalized spacial score (nSPS) is 10.7. The summed E-state index contributed by atoms with van der Waals surface area (Å²) >= 11 is 1.54. The standard InChI is InChI=1S/C16H13NO3S/c1-10-2-4-11(5-3-10)13-9-21-15(17-13)8-12-6-7-14(20-12)16(18)19/h2-7,9H,8H2,1H3,(H,18,19). The maximum Gasteiger partial charge on any atom is 0.371 e. The van der Waals surface area contributed by atoms with E-state index in [1.165, 1.54) is 11.6 Å². The number of thiazole rings is 1. The Labute approximate surface area is 125 Å². The van der Waals surface area contributed by atoms with Crippen molar-refractivity contribution in [2.24, 2.45) is 0 Å². The summed E-state index contributed by atoms with van der Waals surface area (Å²) in [5.74, 6) is -0.488. The van der Waals surface area contributed by atoms with Gasteiger partial charge in [0, 0.05) is 10.9 Å². The van der Waals surface area contributed by atoms with Crippen molar-refractivity contribution >= 4 is 17.3 Å². The van der Waals surface area contributed by atoms with E-state index >= 15 is 0 Å². The van der Waals surface area contributed by atoms with Crippen LogP contribution in [-0.2, 0) is 6.42 Å². The van der Waals surface area contributed by atoms with Crippen LogP contribution in [0.15, 0.2) is 46.2 Å². The minimum absolute atomic E-state index is 0.0414. The SMILES string of the molecule is Cc1ccc(-c2csc(Cc3ccc(C(=O)O)o3)n2)cc1. The van der Waals surface area contributed by atoms with Crippen LogP contribution >= 0.6 is 11.3 Å². The minimum Gasteiger partial charge on any atom is -0.475 e. The lowest BCUT2D eigenvalue weighted by Gasteiger charge is -1.97. The zero-order valence-electron chi connectivity index (χ0n) is 11.4. The number of nitrogens with zero attached hydrogens (tertiary/aromatic N) is 1. The minimum atomic E-state index is -1.05. The van der Waals surface area contributed by atoms with Crippen LogP contribution in [0.25, 0.3) is 11.3 Å². The van der Waals surface area contributed by atoms with Crippen LogP contribution in [0.5, 0.6) is 0 Å². The highest BCUT2D eigenvalue weighted by Gasteiger charge is 2.11. The third-order valence-electron chi connectivity index (χ3n) is 3.10. The number of aromatic carboxylic acids is 1. The highest BCUT2D eigenvalue weighted by molar-refractivity contribution is 7.10. The first-order chi connectivity index (χ1) is 10.1. The van der Waals surface area contributed by atoms with E-state index in [2.05, 4.69) is 17.1 Å². The smallest absolute Gasteiger partial charge is 0.371 e. The second-order valence-corrected chi connectivity index (χ2v) is 5.68. The van der Waals surface area contributed by atoms with E-state index in [-0.39, 0.29) is 5.76 Å². The van der Waals surface area contributed by atoms with Gasteiger partial charge in [-0.25, -0.2) is 9.78 Å². The van der Waals surface area contributed by atoms with Gasteiger partial charge in [-0.2, -0.15) is 0 Å². The number of benzene rings is 1. The lowest BCUT2D eigenvalue weighted by Crippen LogP contribution is -1.92. The monoisotopic (exact) mass is 299 g/mol. The molecule has 0 aliphatic heterocycles. The molecule has 5 heteroatoms. The van der Waals surface area contributed by atoms with Gasteiger partial charge in [-0.15, -0.1) is 11.3 Å². The molecular weight excluding hydrogens is 286 g/mol. The molecule has 0 fully saturated rings. The summed E-state index contributed by atoms with van der Waals surface area (Å²) < 4.78 is 5.25. The number of hydrogen-bond acceptors (Lipinski definition) is 4. The van der Waals surface area contributed by atoms with Crippen LogP contribution in [0.2, 0.25) is 0 Å². The van der Waals surface area contributed by atoms with Gasteiger partial charge in [-0.1, -0.05) is 29.8 Å². The second-order valence-electron chi connectivity index (χ2n) is 4.74. The molecule has 106 valence electrons. The van der Waals surface area contributed by atoms with E-state index in [4.69, 9.17) is 9.52 Å². The van der Waals surface area contributed by atoms with E-state index in [0.29, 0.717) is 12.2 Å². The molecule has 1 aromatic carbocycles. The summed E-state index contributed by atoms with van der Waals surface area (Å²) in [6, 6.07) is 11.3. The zero-order valence-corrected chi connectivity index (χ0v) is 12.2. The van der Waals surface area contributed by atoms with Crippen LogP contribution in [-0.4, -0.2) is 16.1 Å². The molecule has 21 heavy (non-hydrogen) atoms. The highest BCUT2D eigenvalue weighted by Crippen LogP contribution is 2.24. The molecular formula is C16H13NO3S. The first kappa shape index (κ1) is 13.6. The van der Waals surface area contributed by atoms with Crippen molar-refractivity contribution in [1.82, 2.24) is 4.98 Å². The highest BCUT2D eigenvalue weighted by atomic mass is 32.1. The molecule has 3 rings (SSSR count). The predicted octanol–water partition coefficient (Wildman–Crippen LogP) is 4.00. The van der Waals surface area contributed by atoms with E-state index in [9.17, 15) is 4.79 Å². The van der Waals surface area contributed by atoms with Crippen LogP contribution < -0.4 is 0 Å². The van der Waals surface area contributed by atoms with Crippen LogP contribution in [0.3, 0.4) is 0 Å². The Morgan fingerprint density at radius 2 is 2.00 bits per heavy atom. The fourth-order valence-electron chi connectivity index (χ4n) is 1.99. The summed E-state index contributed by atoms with van der Waals surface area (Å²) in [6.07, 6.45) is 0.504. The van der Waals surface area contributed by atoms with Crippen molar-refractivity contribution in [2.45, 2.75) is 13.3 Å². The number of carboxylic acid groups (broad SMARTS) is 1. The topological polar surface area (TPSA) is 63.3 Å². The van der Waals surface area contributed by atoms with Crippen molar-refractivity contribution in [3.8, 4) is 11.3 Å². The Kier molecular flexibility index (Phi) is 3.58. The maximum atomic E-state index is 10.8. The Balaban J connectivity index is 1.78. The van der Waals surface area contributed by atoms with Gasteiger partial charge in [0.15, 0.2) is 0 Å². The van der Waals surface area contributed by atoms with Gasteiger partial charge < -0.3 is 9.52 Å². The molecule has 0 atom stereocenters. The lowest BCUT2D eigenvalue weighted by atomic mass is 10.1. The number of carbonyl (C=O) groups is 1. The summed E-state index contributed by atoms with van der Waals surface area (Å²) in [4.78, 5) is 15.3. The summed E-state index contributed by atoms with van der Waals surface area (Å²) in [7, 11) is 0. The quantitative estimate of drug-likeness (QED) is 0.791. The zero-order chi connectivity index (χ0) is 14.8. The Morgan fingerprint density at radius 1 is 1.24 bits per heavy atom. The molecule has 0 aliphatic carbocycles. The Hall–Kier alpha value is -2.40. The molecule has 0 spiro atoms. The summed E-state index contributed by atoms with van der Waals surface area (Å²) in [6.45, 7) is 2.05. The molecule has 1 N–H and O–H groups in total. The maximum absolute atomic E-state index is 10.8. The van der Waals surface area contributed by atoms with Gasteiger partial charge in [-0.3, -0.25) is 0 Å². The number of aryl methyl sites for hydroxylation is 1. The molecule has 0 aliphatic rings. The third kappa shape index (κ3) is 3.03. The average molecular weight is 299 g/mol. The number of furan rings is 1. The number of aromatic nitrogens is 1. The first-order valence-electron chi connectivity index (χ1n) is 6.45. The largest absolute Gasteiger partial charge is 0.475 e. The van der Waals surface area contributed by atoms with Crippen LogP contribution in [0, 0.1) is 6.92 Å². The average Bonchev–Trinajstić information content (AvgIpc) is 3.10. The summed E-state index contributed by atoms with van der Waals surface area (Å²) in [5, 5.41) is 11.7. The van der Waals surface area contributed by atoms with Crippen molar-refractivity contribution in [2.75, 3.05) is 0 Å².